The van der Waals surface area contributed by atoms with Crippen molar-refractivity contribution >= 4 is 17.6 Å². The Kier molecular flexibility index (Phi) is 5.38. The Labute approximate surface area is 151 Å². The normalized spacial score (nSPS) is 14.3. The number of benzene rings is 2. The molecule has 26 heavy (non-hydrogen) atoms. The van der Waals surface area contributed by atoms with E-state index in [0.29, 0.717) is 30.3 Å². The van der Waals surface area contributed by atoms with E-state index < -0.39 is 5.97 Å². The fourth-order valence-electron chi connectivity index (χ4n) is 2.76. The standard InChI is InChI=1S/C19H20N2O5/c1-25-16-7-2-3-8-17(16)26-15-10-21(11-15)12-18(22)20-14-6-4-5-13(9-14)19(23)24/h2-9,15H,10-12H2,1H3,(H,20,22)(H,23,24). The van der Waals surface area contributed by atoms with E-state index in [1.54, 1.807) is 19.2 Å². The molecule has 2 N–H and O–H groups in total. The van der Waals surface area contributed by atoms with Crippen LogP contribution in [0.25, 0.3) is 0 Å². The Morgan fingerprint density at radius 2 is 1.88 bits per heavy atom. The van der Waals surface area contributed by atoms with Crippen molar-refractivity contribution in [3.05, 3.63) is 54.1 Å². The fraction of sp³-hybridized carbons (Fsp3) is 0.263. The van der Waals surface area contributed by atoms with Crippen LogP contribution in [0.2, 0.25) is 0 Å². The molecule has 0 unspecified atom stereocenters. The third-order valence-electron chi connectivity index (χ3n) is 4.05. The summed E-state index contributed by atoms with van der Waals surface area (Å²) in [7, 11) is 1.60. The number of ether oxygens (including phenoxy) is 2. The molecule has 0 spiro atoms. The minimum atomic E-state index is -1.03. The number of hydrogen-bond acceptors (Lipinski definition) is 5. The van der Waals surface area contributed by atoms with E-state index in [-0.39, 0.29) is 24.1 Å². The molecule has 0 aromatic heterocycles. The number of aromatic carboxylic acids is 1. The van der Waals surface area contributed by atoms with Gasteiger partial charge in [0.15, 0.2) is 11.5 Å². The second kappa shape index (κ2) is 7.88. The molecule has 0 radical (unpaired) electrons. The number of carboxylic acids is 1. The van der Waals surface area contributed by atoms with Gasteiger partial charge in [-0.25, -0.2) is 4.79 Å². The molecule has 1 fully saturated rings. The van der Waals surface area contributed by atoms with Crippen molar-refractivity contribution in [3.8, 4) is 11.5 Å². The molecule has 136 valence electrons. The number of carbonyl (C=O) groups excluding carboxylic acids is 1. The van der Waals surface area contributed by atoms with E-state index in [1.165, 1.54) is 12.1 Å². The number of rotatable bonds is 7. The van der Waals surface area contributed by atoms with Crippen molar-refractivity contribution in [1.29, 1.82) is 0 Å². The van der Waals surface area contributed by atoms with Crippen LogP contribution in [0.4, 0.5) is 5.69 Å². The smallest absolute Gasteiger partial charge is 0.335 e. The summed E-state index contributed by atoms with van der Waals surface area (Å²) in [5.41, 5.74) is 0.606. The predicted molar refractivity (Wildman–Crippen MR) is 95.9 cm³/mol. The zero-order valence-corrected chi connectivity index (χ0v) is 14.3. The van der Waals surface area contributed by atoms with Crippen LogP contribution in [0.1, 0.15) is 10.4 Å². The van der Waals surface area contributed by atoms with E-state index in [4.69, 9.17) is 14.6 Å². The predicted octanol–water partition coefficient (Wildman–Crippen LogP) is 2.10. The van der Waals surface area contributed by atoms with Gasteiger partial charge in [0, 0.05) is 18.8 Å². The first-order valence-electron chi connectivity index (χ1n) is 8.20. The van der Waals surface area contributed by atoms with Gasteiger partial charge in [0.2, 0.25) is 5.91 Å². The first kappa shape index (κ1) is 17.8. The maximum absolute atomic E-state index is 12.1. The molecule has 1 aliphatic rings. The minimum absolute atomic E-state index is 0.00874. The van der Waals surface area contributed by atoms with Gasteiger partial charge in [-0.05, 0) is 30.3 Å². The average Bonchev–Trinajstić information content (AvgIpc) is 2.60. The molecule has 3 rings (SSSR count). The Morgan fingerprint density at radius 3 is 2.58 bits per heavy atom. The van der Waals surface area contributed by atoms with Crippen LogP contribution in [0.15, 0.2) is 48.5 Å². The zero-order valence-electron chi connectivity index (χ0n) is 14.3. The summed E-state index contributed by atoms with van der Waals surface area (Å²) >= 11 is 0. The molecule has 0 saturated carbocycles. The van der Waals surface area contributed by atoms with Gasteiger partial charge in [-0.15, -0.1) is 0 Å². The molecule has 1 heterocycles. The van der Waals surface area contributed by atoms with Crippen LogP contribution < -0.4 is 14.8 Å². The van der Waals surface area contributed by atoms with Crippen molar-refractivity contribution in [2.75, 3.05) is 32.1 Å². The number of carboxylic acid groups (broad SMARTS) is 1. The van der Waals surface area contributed by atoms with E-state index >= 15 is 0 Å². The lowest BCUT2D eigenvalue weighted by Crippen LogP contribution is -2.55. The maximum atomic E-state index is 12.1. The van der Waals surface area contributed by atoms with Gasteiger partial charge < -0.3 is 19.9 Å². The third kappa shape index (κ3) is 4.31. The fourth-order valence-corrected chi connectivity index (χ4v) is 2.76. The largest absolute Gasteiger partial charge is 0.493 e. The number of amides is 1. The summed E-state index contributed by atoms with van der Waals surface area (Å²) < 4.78 is 11.1. The zero-order chi connectivity index (χ0) is 18.5. The van der Waals surface area contributed by atoms with Crippen molar-refractivity contribution < 1.29 is 24.2 Å². The van der Waals surface area contributed by atoms with Gasteiger partial charge >= 0.3 is 5.97 Å². The summed E-state index contributed by atoms with van der Waals surface area (Å²) in [5, 5.41) is 11.7. The van der Waals surface area contributed by atoms with Crippen LogP contribution in [0, 0.1) is 0 Å². The minimum Gasteiger partial charge on any atom is -0.493 e. The van der Waals surface area contributed by atoms with Crippen LogP contribution >= 0.6 is 0 Å². The van der Waals surface area contributed by atoms with Gasteiger partial charge in [0.05, 0.1) is 19.2 Å². The van der Waals surface area contributed by atoms with Crippen molar-refractivity contribution in [3.63, 3.8) is 0 Å². The number of anilines is 1. The summed E-state index contributed by atoms with van der Waals surface area (Å²) in [6.07, 6.45) is 0.00874. The average molecular weight is 356 g/mol. The molecule has 1 saturated heterocycles. The number of likely N-dealkylation sites (tertiary alicyclic amines) is 1. The van der Waals surface area contributed by atoms with Crippen LogP contribution in [0.3, 0.4) is 0 Å². The Bertz CT molecular complexity index is 802. The Balaban J connectivity index is 1.46. The first-order valence-corrected chi connectivity index (χ1v) is 8.20. The van der Waals surface area contributed by atoms with Gasteiger partial charge in [-0.3, -0.25) is 9.69 Å². The summed E-state index contributed by atoms with van der Waals surface area (Å²) in [6, 6.07) is 13.6. The number of hydrogen-bond donors (Lipinski definition) is 2. The number of nitrogens with zero attached hydrogens (tertiary/aromatic N) is 1. The molecule has 2 aromatic carbocycles. The van der Waals surface area contributed by atoms with E-state index in [0.717, 1.165) is 0 Å². The van der Waals surface area contributed by atoms with Gasteiger partial charge in [-0.1, -0.05) is 18.2 Å². The Hall–Kier alpha value is -3.06. The molecule has 7 heteroatoms. The number of carbonyl (C=O) groups is 2. The highest BCUT2D eigenvalue weighted by Crippen LogP contribution is 2.28. The monoisotopic (exact) mass is 356 g/mol. The topological polar surface area (TPSA) is 88.1 Å². The lowest BCUT2D eigenvalue weighted by atomic mass is 10.1. The number of methoxy groups -OCH3 is 1. The molecule has 0 aliphatic carbocycles. The van der Waals surface area contributed by atoms with E-state index in [1.807, 2.05) is 29.2 Å². The van der Waals surface area contributed by atoms with E-state index in [2.05, 4.69) is 5.32 Å². The molecular formula is C19H20N2O5. The van der Waals surface area contributed by atoms with Crippen LogP contribution in [-0.2, 0) is 4.79 Å². The molecular weight excluding hydrogens is 336 g/mol. The van der Waals surface area contributed by atoms with Crippen LogP contribution in [0.5, 0.6) is 11.5 Å². The highest BCUT2D eigenvalue weighted by atomic mass is 16.5. The summed E-state index contributed by atoms with van der Waals surface area (Å²) in [4.78, 5) is 25.0. The highest BCUT2D eigenvalue weighted by molar-refractivity contribution is 5.94. The third-order valence-corrected chi connectivity index (χ3v) is 4.05. The highest BCUT2D eigenvalue weighted by Gasteiger charge is 2.30. The van der Waals surface area contributed by atoms with Gasteiger partial charge in [0.1, 0.15) is 6.10 Å². The van der Waals surface area contributed by atoms with Crippen molar-refractivity contribution in [1.82, 2.24) is 4.90 Å². The second-order valence-electron chi connectivity index (χ2n) is 6.02. The first-order chi connectivity index (χ1) is 12.5. The van der Waals surface area contributed by atoms with Crippen LogP contribution in [-0.4, -0.2) is 54.7 Å². The number of para-hydroxylation sites is 2. The maximum Gasteiger partial charge on any atom is 0.335 e. The van der Waals surface area contributed by atoms with E-state index in [9.17, 15) is 9.59 Å². The van der Waals surface area contributed by atoms with Gasteiger partial charge in [-0.2, -0.15) is 0 Å². The Morgan fingerprint density at radius 1 is 1.15 bits per heavy atom. The molecule has 2 aromatic rings. The number of nitrogens with one attached hydrogen (secondary N) is 1. The molecule has 7 nitrogen and oxygen atoms in total. The quantitative estimate of drug-likeness (QED) is 0.790. The van der Waals surface area contributed by atoms with Gasteiger partial charge in [0.25, 0.3) is 0 Å². The summed E-state index contributed by atoms with van der Waals surface area (Å²) in [5.74, 6) is 0.153. The molecule has 1 amide bonds. The lowest BCUT2D eigenvalue weighted by molar-refractivity contribution is -0.119. The molecule has 0 bridgehead atoms. The van der Waals surface area contributed by atoms with Crippen molar-refractivity contribution in [2.45, 2.75) is 6.10 Å². The molecule has 1 aliphatic heterocycles. The lowest BCUT2D eigenvalue weighted by Gasteiger charge is -2.38. The SMILES string of the molecule is COc1ccccc1OC1CN(CC(=O)Nc2cccc(C(=O)O)c2)C1. The van der Waals surface area contributed by atoms with Crippen molar-refractivity contribution in [2.24, 2.45) is 0 Å². The second-order valence-corrected chi connectivity index (χ2v) is 6.02. The molecule has 0 atom stereocenters. The summed E-state index contributed by atoms with van der Waals surface area (Å²) in [6.45, 7) is 1.50.